The summed E-state index contributed by atoms with van der Waals surface area (Å²) in [7, 11) is -3.51. The number of benzene rings is 1. The van der Waals surface area contributed by atoms with Crippen molar-refractivity contribution in [2.45, 2.75) is 17.9 Å². The molecule has 1 heterocycles. The van der Waals surface area contributed by atoms with Crippen LogP contribution in [0.2, 0.25) is 0 Å². The molecule has 1 N–H and O–H groups in total. The van der Waals surface area contributed by atoms with E-state index >= 15 is 0 Å². The van der Waals surface area contributed by atoms with Crippen molar-refractivity contribution in [1.29, 1.82) is 0 Å². The molecule has 1 aromatic carbocycles. The van der Waals surface area contributed by atoms with E-state index in [1.807, 2.05) is 0 Å². The molecule has 0 spiro atoms. The van der Waals surface area contributed by atoms with E-state index in [1.165, 1.54) is 4.31 Å². The van der Waals surface area contributed by atoms with Gasteiger partial charge in [-0.15, -0.1) is 0 Å². The molecular formula is C13H17BrN2O4S. The second-order valence-corrected chi connectivity index (χ2v) is 7.76. The van der Waals surface area contributed by atoms with Gasteiger partial charge < -0.3 is 5.11 Å². The van der Waals surface area contributed by atoms with E-state index in [0.717, 1.165) is 4.47 Å². The van der Waals surface area contributed by atoms with E-state index < -0.39 is 22.0 Å². The van der Waals surface area contributed by atoms with Crippen LogP contribution in [0.4, 0.5) is 0 Å². The summed E-state index contributed by atoms with van der Waals surface area (Å²) in [6, 6.07) is 5.91. The minimum Gasteiger partial charge on any atom is -0.480 e. The van der Waals surface area contributed by atoms with Crippen molar-refractivity contribution in [2.24, 2.45) is 0 Å². The van der Waals surface area contributed by atoms with Crippen LogP contribution in [0, 0.1) is 0 Å². The molecule has 116 valence electrons. The monoisotopic (exact) mass is 376 g/mol. The molecule has 2 rings (SSSR count). The SMILES string of the molecule is C[C@H](C(=O)O)N1CCN(S(=O)(=O)c2ccc(Br)cc2)CC1. The Bertz CT molecular complexity index is 610. The van der Waals surface area contributed by atoms with Crippen molar-refractivity contribution in [2.75, 3.05) is 26.2 Å². The van der Waals surface area contributed by atoms with Crippen molar-refractivity contribution >= 4 is 31.9 Å². The van der Waals surface area contributed by atoms with Gasteiger partial charge in [0.15, 0.2) is 0 Å². The van der Waals surface area contributed by atoms with Gasteiger partial charge in [-0.05, 0) is 31.2 Å². The summed E-state index contributed by atoms with van der Waals surface area (Å²) in [6.07, 6.45) is 0. The summed E-state index contributed by atoms with van der Waals surface area (Å²) in [5.74, 6) is -0.890. The fourth-order valence-electron chi connectivity index (χ4n) is 2.24. The first kappa shape index (κ1) is 16.4. The number of aliphatic carboxylic acids is 1. The van der Waals surface area contributed by atoms with Crippen molar-refractivity contribution in [3.8, 4) is 0 Å². The van der Waals surface area contributed by atoms with Crippen LogP contribution in [0.1, 0.15) is 6.92 Å². The van der Waals surface area contributed by atoms with E-state index in [2.05, 4.69) is 15.9 Å². The van der Waals surface area contributed by atoms with Gasteiger partial charge in [0.1, 0.15) is 6.04 Å². The van der Waals surface area contributed by atoms with Gasteiger partial charge in [-0.25, -0.2) is 8.42 Å². The fourth-order valence-corrected chi connectivity index (χ4v) is 3.93. The van der Waals surface area contributed by atoms with Gasteiger partial charge in [0, 0.05) is 30.7 Å². The standard InChI is InChI=1S/C13H17BrN2O4S/c1-10(13(17)18)15-6-8-16(9-7-15)21(19,20)12-4-2-11(14)3-5-12/h2-5,10H,6-9H2,1H3,(H,17,18)/t10-/m1/s1. The number of hydrogen-bond donors (Lipinski definition) is 1. The Labute approximate surface area is 132 Å². The zero-order valence-electron chi connectivity index (χ0n) is 11.6. The molecule has 0 aromatic heterocycles. The largest absolute Gasteiger partial charge is 0.480 e. The van der Waals surface area contributed by atoms with Crippen molar-refractivity contribution in [1.82, 2.24) is 9.21 Å². The molecule has 0 amide bonds. The summed E-state index contributed by atoms with van der Waals surface area (Å²) in [6.45, 7) is 3.06. The van der Waals surface area contributed by atoms with Crippen LogP contribution < -0.4 is 0 Å². The maximum atomic E-state index is 12.5. The molecule has 1 aliphatic heterocycles. The van der Waals surface area contributed by atoms with Gasteiger partial charge in [-0.2, -0.15) is 4.31 Å². The lowest BCUT2D eigenvalue weighted by molar-refractivity contribution is -0.143. The molecule has 6 nitrogen and oxygen atoms in total. The Morgan fingerprint density at radius 1 is 1.19 bits per heavy atom. The zero-order valence-corrected chi connectivity index (χ0v) is 14.0. The third-order valence-corrected chi connectivity index (χ3v) is 6.07. The third kappa shape index (κ3) is 3.63. The number of carboxylic acids is 1. The first-order chi connectivity index (χ1) is 9.82. The lowest BCUT2D eigenvalue weighted by atomic mass is 10.2. The number of piperazine rings is 1. The van der Waals surface area contributed by atoms with E-state index in [-0.39, 0.29) is 4.90 Å². The molecule has 1 aromatic rings. The Morgan fingerprint density at radius 2 is 1.71 bits per heavy atom. The van der Waals surface area contributed by atoms with Crippen LogP contribution in [0.15, 0.2) is 33.6 Å². The highest BCUT2D eigenvalue weighted by Crippen LogP contribution is 2.20. The molecule has 1 atom stereocenters. The van der Waals surface area contributed by atoms with Gasteiger partial charge in [-0.3, -0.25) is 9.69 Å². The zero-order chi connectivity index (χ0) is 15.6. The number of nitrogens with zero attached hydrogens (tertiary/aromatic N) is 2. The molecular weight excluding hydrogens is 360 g/mol. The summed E-state index contributed by atoms with van der Waals surface area (Å²) in [4.78, 5) is 13.0. The summed E-state index contributed by atoms with van der Waals surface area (Å²) < 4.78 is 27.2. The second kappa shape index (κ2) is 6.43. The number of halogens is 1. The molecule has 1 saturated heterocycles. The number of sulfonamides is 1. The topological polar surface area (TPSA) is 77.9 Å². The Hall–Kier alpha value is -0.960. The number of hydrogen-bond acceptors (Lipinski definition) is 4. The lowest BCUT2D eigenvalue weighted by Gasteiger charge is -2.35. The first-order valence-electron chi connectivity index (χ1n) is 6.55. The van der Waals surface area contributed by atoms with Crippen molar-refractivity contribution in [3.05, 3.63) is 28.7 Å². The summed E-state index contributed by atoms with van der Waals surface area (Å²) >= 11 is 3.27. The van der Waals surface area contributed by atoms with Crippen LogP contribution in [-0.2, 0) is 14.8 Å². The minimum atomic E-state index is -3.51. The Kier molecular flexibility index (Phi) is 5.03. The highest BCUT2D eigenvalue weighted by Gasteiger charge is 2.31. The number of carboxylic acid groups (broad SMARTS) is 1. The maximum absolute atomic E-state index is 12.5. The molecule has 0 saturated carbocycles. The second-order valence-electron chi connectivity index (χ2n) is 4.91. The van der Waals surface area contributed by atoms with Crippen LogP contribution in [0.3, 0.4) is 0 Å². The van der Waals surface area contributed by atoms with Crippen molar-refractivity contribution < 1.29 is 18.3 Å². The van der Waals surface area contributed by atoms with E-state index in [0.29, 0.717) is 26.2 Å². The lowest BCUT2D eigenvalue weighted by Crippen LogP contribution is -2.53. The van der Waals surface area contributed by atoms with Crippen LogP contribution in [0.25, 0.3) is 0 Å². The van der Waals surface area contributed by atoms with Crippen LogP contribution in [-0.4, -0.2) is 60.9 Å². The van der Waals surface area contributed by atoms with Gasteiger partial charge in [0.25, 0.3) is 0 Å². The Morgan fingerprint density at radius 3 is 2.19 bits per heavy atom. The van der Waals surface area contributed by atoms with Gasteiger partial charge >= 0.3 is 5.97 Å². The molecule has 21 heavy (non-hydrogen) atoms. The molecule has 0 bridgehead atoms. The smallest absolute Gasteiger partial charge is 0.320 e. The quantitative estimate of drug-likeness (QED) is 0.854. The highest BCUT2D eigenvalue weighted by atomic mass is 79.9. The van der Waals surface area contributed by atoms with Gasteiger partial charge in [0.2, 0.25) is 10.0 Å². The minimum absolute atomic E-state index is 0.255. The van der Waals surface area contributed by atoms with E-state index in [1.54, 1.807) is 36.1 Å². The van der Waals surface area contributed by atoms with Gasteiger partial charge in [0.05, 0.1) is 4.90 Å². The number of carbonyl (C=O) groups is 1. The third-order valence-electron chi connectivity index (χ3n) is 3.63. The molecule has 0 aliphatic carbocycles. The fraction of sp³-hybridized carbons (Fsp3) is 0.462. The van der Waals surface area contributed by atoms with E-state index in [4.69, 9.17) is 5.11 Å². The molecule has 8 heteroatoms. The summed E-state index contributed by atoms with van der Waals surface area (Å²) in [5, 5.41) is 8.99. The average molecular weight is 377 g/mol. The summed E-state index contributed by atoms with van der Waals surface area (Å²) in [5.41, 5.74) is 0. The predicted molar refractivity (Wildman–Crippen MR) is 81.6 cm³/mol. The maximum Gasteiger partial charge on any atom is 0.320 e. The van der Waals surface area contributed by atoms with Crippen molar-refractivity contribution in [3.63, 3.8) is 0 Å². The van der Waals surface area contributed by atoms with Gasteiger partial charge in [-0.1, -0.05) is 15.9 Å². The van der Waals surface area contributed by atoms with Crippen LogP contribution >= 0.6 is 15.9 Å². The van der Waals surface area contributed by atoms with E-state index in [9.17, 15) is 13.2 Å². The molecule has 0 unspecified atom stereocenters. The highest BCUT2D eigenvalue weighted by molar-refractivity contribution is 9.10. The molecule has 1 fully saturated rings. The molecule has 1 aliphatic rings. The predicted octanol–water partition coefficient (Wildman–Crippen LogP) is 1.23. The normalized spacial score (nSPS) is 19.3. The molecule has 0 radical (unpaired) electrons. The number of rotatable bonds is 4. The first-order valence-corrected chi connectivity index (χ1v) is 8.78. The Balaban J connectivity index is 2.07. The average Bonchev–Trinajstić information content (AvgIpc) is 2.47. The van der Waals surface area contributed by atoms with Crippen LogP contribution in [0.5, 0.6) is 0 Å².